The molecule has 1 atom stereocenters. The molecule has 5 heteroatoms. The molecule has 0 aliphatic heterocycles. The standard InChI is InChI=1S/C15H22N2O3/c1-6-20-10-8-7-9(18)11-12(10)17(5)14(16-11)13(19)15(2,3)4/h7-8,13,18-19H,6H2,1-5H3/t13-/m0/s1. The molecule has 1 aromatic heterocycles. The van der Waals surface area contributed by atoms with Gasteiger partial charge in [0, 0.05) is 7.05 Å². The predicted molar refractivity (Wildman–Crippen MR) is 78.0 cm³/mol. The fraction of sp³-hybridized carbons (Fsp3) is 0.533. The van der Waals surface area contributed by atoms with Gasteiger partial charge in [0.2, 0.25) is 0 Å². The van der Waals surface area contributed by atoms with Crippen molar-refractivity contribution < 1.29 is 14.9 Å². The van der Waals surface area contributed by atoms with E-state index in [1.54, 1.807) is 16.7 Å². The van der Waals surface area contributed by atoms with Gasteiger partial charge in [-0.15, -0.1) is 0 Å². The number of fused-ring (bicyclic) bond motifs is 1. The van der Waals surface area contributed by atoms with Crippen LogP contribution in [0.25, 0.3) is 11.0 Å². The van der Waals surface area contributed by atoms with Gasteiger partial charge < -0.3 is 19.5 Å². The highest BCUT2D eigenvalue weighted by atomic mass is 16.5. The molecule has 0 radical (unpaired) electrons. The molecule has 0 saturated heterocycles. The van der Waals surface area contributed by atoms with E-state index in [2.05, 4.69) is 4.98 Å². The Labute approximate surface area is 118 Å². The first-order valence-corrected chi connectivity index (χ1v) is 6.76. The minimum absolute atomic E-state index is 0.0893. The Morgan fingerprint density at radius 3 is 2.55 bits per heavy atom. The molecule has 0 fully saturated rings. The summed E-state index contributed by atoms with van der Waals surface area (Å²) in [4.78, 5) is 4.40. The van der Waals surface area contributed by atoms with Gasteiger partial charge in [0.1, 0.15) is 34.5 Å². The van der Waals surface area contributed by atoms with Crippen LogP contribution in [0.3, 0.4) is 0 Å². The topological polar surface area (TPSA) is 67.5 Å². The van der Waals surface area contributed by atoms with Crippen LogP contribution in [0.5, 0.6) is 11.5 Å². The second kappa shape index (κ2) is 4.98. The highest BCUT2D eigenvalue weighted by Gasteiger charge is 2.29. The Hall–Kier alpha value is -1.75. The fourth-order valence-corrected chi connectivity index (χ4v) is 2.19. The smallest absolute Gasteiger partial charge is 0.145 e. The van der Waals surface area contributed by atoms with E-state index in [0.717, 1.165) is 0 Å². The van der Waals surface area contributed by atoms with Gasteiger partial charge in [-0.2, -0.15) is 0 Å². The maximum atomic E-state index is 10.4. The normalized spacial score (nSPS) is 13.7. The van der Waals surface area contributed by atoms with E-state index in [1.165, 1.54) is 0 Å². The van der Waals surface area contributed by atoms with E-state index in [0.29, 0.717) is 29.2 Å². The second-order valence-electron chi connectivity index (χ2n) is 6.01. The lowest BCUT2D eigenvalue weighted by Crippen LogP contribution is -2.21. The number of ether oxygens (including phenoxy) is 1. The van der Waals surface area contributed by atoms with Crippen molar-refractivity contribution in [3.63, 3.8) is 0 Å². The number of aromatic hydroxyl groups is 1. The Morgan fingerprint density at radius 2 is 2.00 bits per heavy atom. The van der Waals surface area contributed by atoms with Gasteiger partial charge in [0.05, 0.1) is 6.61 Å². The van der Waals surface area contributed by atoms with Gasteiger partial charge in [-0.05, 0) is 24.5 Å². The molecule has 0 amide bonds. The van der Waals surface area contributed by atoms with Gasteiger partial charge in [0.25, 0.3) is 0 Å². The molecule has 0 spiro atoms. The number of nitrogens with zero attached hydrogens (tertiary/aromatic N) is 2. The van der Waals surface area contributed by atoms with E-state index < -0.39 is 6.10 Å². The molecule has 2 rings (SSSR count). The van der Waals surface area contributed by atoms with Gasteiger partial charge in [-0.1, -0.05) is 20.8 Å². The molecule has 2 aromatic rings. The lowest BCUT2D eigenvalue weighted by Gasteiger charge is -2.25. The van der Waals surface area contributed by atoms with Crippen LogP contribution < -0.4 is 4.74 Å². The molecular weight excluding hydrogens is 256 g/mol. The number of aliphatic hydroxyl groups excluding tert-OH is 1. The first-order chi connectivity index (χ1) is 9.27. The lowest BCUT2D eigenvalue weighted by atomic mass is 9.89. The van der Waals surface area contributed by atoms with Crippen LogP contribution >= 0.6 is 0 Å². The number of benzene rings is 1. The average molecular weight is 278 g/mol. The minimum Gasteiger partial charge on any atom is -0.506 e. The molecule has 0 saturated carbocycles. The number of phenolic OH excluding ortho intramolecular Hbond substituents is 1. The largest absolute Gasteiger partial charge is 0.506 e. The SMILES string of the molecule is CCOc1ccc(O)c2nc([C@H](O)C(C)(C)C)n(C)c12. The van der Waals surface area contributed by atoms with E-state index in [-0.39, 0.29) is 11.2 Å². The summed E-state index contributed by atoms with van der Waals surface area (Å²) in [6.07, 6.45) is -0.728. The van der Waals surface area contributed by atoms with Crippen molar-refractivity contribution >= 4 is 11.0 Å². The van der Waals surface area contributed by atoms with Crippen molar-refractivity contribution in [2.45, 2.75) is 33.8 Å². The summed E-state index contributed by atoms with van der Waals surface area (Å²) in [7, 11) is 1.82. The molecule has 0 aliphatic carbocycles. The first kappa shape index (κ1) is 14.7. The molecule has 0 aliphatic rings. The number of hydrogen-bond acceptors (Lipinski definition) is 4. The number of aromatic nitrogens is 2. The van der Waals surface area contributed by atoms with Crippen molar-refractivity contribution in [1.29, 1.82) is 0 Å². The molecule has 1 heterocycles. The third kappa shape index (κ3) is 2.33. The zero-order valence-electron chi connectivity index (χ0n) is 12.6. The van der Waals surface area contributed by atoms with E-state index in [4.69, 9.17) is 4.74 Å². The van der Waals surface area contributed by atoms with Crippen LogP contribution in [0.2, 0.25) is 0 Å². The summed E-state index contributed by atoms with van der Waals surface area (Å²) in [5.74, 6) is 1.27. The number of phenols is 1. The minimum atomic E-state index is -0.728. The third-order valence-corrected chi connectivity index (χ3v) is 3.36. The molecule has 20 heavy (non-hydrogen) atoms. The van der Waals surface area contributed by atoms with Gasteiger partial charge in [-0.25, -0.2) is 4.98 Å². The van der Waals surface area contributed by atoms with Crippen LogP contribution in [0.15, 0.2) is 12.1 Å². The van der Waals surface area contributed by atoms with Crippen molar-refractivity contribution in [3.05, 3.63) is 18.0 Å². The predicted octanol–water partition coefficient (Wildman–Crippen LogP) is 2.76. The van der Waals surface area contributed by atoms with Crippen molar-refractivity contribution in [2.24, 2.45) is 12.5 Å². The number of hydrogen-bond donors (Lipinski definition) is 2. The lowest BCUT2D eigenvalue weighted by molar-refractivity contribution is 0.0529. The summed E-state index contributed by atoms with van der Waals surface area (Å²) in [5.41, 5.74) is 0.818. The molecule has 110 valence electrons. The monoisotopic (exact) mass is 278 g/mol. The van der Waals surface area contributed by atoms with Crippen molar-refractivity contribution in [3.8, 4) is 11.5 Å². The van der Waals surface area contributed by atoms with Gasteiger partial charge >= 0.3 is 0 Å². The highest BCUT2D eigenvalue weighted by molar-refractivity contribution is 5.87. The Kier molecular flexibility index (Phi) is 3.65. The van der Waals surface area contributed by atoms with Crippen LogP contribution in [-0.2, 0) is 7.05 Å². The third-order valence-electron chi connectivity index (χ3n) is 3.36. The number of rotatable bonds is 3. The first-order valence-electron chi connectivity index (χ1n) is 6.76. The van der Waals surface area contributed by atoms with Crippen LogP contribution in [-0.4, -0.2) is 26.4 Å². The molecule has 0 bridgehead atoms. The van der Waals surface area contributed by atoms with Crippen LogP contribution in [0, 0.1) is 5.41 Å². The molecular formula is C15H22N2O3. The Bertz CT molecular complexity index is 626. The fourth-order valence-electron chi connectivity index (χ4n) is 2.19. The van der Waals surface area contributed by atoms with E-state index in [1.807, 2.05) is 34.7 Å². The quantitative estimate of drug-likeness (QED) is 0.906. The maximum Gasteiger partial charge on any atom is 0.145 e. The molecule has 1 aromatic carbocycles. The summed E-state index contributed by atoms with van der Waals surface area (Å²) >= 11 is 0. The second-order valence-corrected chi connectivity index (χ2v) is 6.01. The number of aliphatic hydroxyl groups is 1. The van der Waals surface area contributed by atoms with Gasteiger partial charge in [0.15, 0.2) is 0 Å². The summed E-state index contributed by atoms with van der Waals surface area (Å²) < 4.78 is 7.37. The zero-order chi connectivity index (χ0) is 15.1. The summed E-state index contributed by atoms with van der Waals surface area (Å²) in [6.45, 7) is 8.27. The Morgan fingerprint density at radius 1 is 1.35 bits per heavy atom. The molecule has 5 nitrogen and oxygen atoms in total. The average Bonchev–Trinajstić information content (AvgIpc) is 2.70. The molecule has 2 N–H and O–H groups in total. The Balaban J connectivity index is 2.69. The molecule has 0 unspecified atom stereocenters. The van der Waals surface area contributed by atoms with Crippen LogP contribution in [0.4, 0.5) is 0 Å². The van der Waals surface area contributed by atoms with E-state index in [9.17, 15) is 10.2 Å². The number of aryl methyl sites for hydroxylation is 1. The van der Waals surface area contributed by atoms with Crippen molar-refractivity contribution in [1.82, 2.24) is 9.55 Å². The number of imidazole rings is 1. The van der Waals surface area contributed by atoms with E-state index >= 15 is 0 Å². The highest BCUT2D eigenvalue weighted by Crippen LogP contribution is 2.38. The zero-order valence-corrected chi connectivity index (χ0v) is 12.6. The summed E-state index contributed by atoms with van der Waals surface area (Å²) in [6, 6.07) is 3.28. The maximum absolute atomic E-state index is 10.4. The van der Waals surface area contributed by atoms with Crippen molar-refractivity contribution in [2.75, 3.05) is 6.61 Å². The van der Waals surface area contributed by atoms with Gasteiger partial charge in [-0.3, -0.25) is 0 Å². The summed E-state index contributed by atoms with van der Waals surface area (Å²) in [5, 5.41) is 20.4. The van der Waals surface area contributed by atoms with Crippen LogP contribution in [0.1, 0.15) is 39.6 Å².